The van der Waals surface area contributed by atoms with E-state index < -0.39 is 17.5 Å². The maximum atomic E-state index is 13.9. The van der Waals surface area contributed by atoms with Crippen molar-refractivity contribution in [1.82, 2.24) is 10.2 Å². The van der Waals surface area contributed by atoms with Crippen LogP contribution in [0, 0.1) is 17.5 Å². The number of piperazine rings is 1. The lowest BCUT2D eigenvalue weighted by Crippen LogP contribution is -2.52. The number of nitrogens with zero attached hydrogens (tertiary/aromatic N) is 2. The van der Waals surface area contributed by atoms with E-state index in [4.69, 9.17) is 11.6 Å². The van der Waals surface area contributed by atoms with Crippen molar-refractivity contribution in [1.29, 1.82) is 0 Å². The number of halogens is 4. The average molecular weight is 384 g/mol. The molecule has 26 heavy (non-hydrogen) atoms. The first-order chi connectivity index (χ1) is 12.5. The number of carbonyl (C=O) groups excluding carboxylic acids is 1. The first-order valence-corrected chi connectivity index (χ1v) is 8.49. The van der Waals surface area contributed by atoms with Crippen LogP contribution in [-0.2, 0) is 6.54 Å². The van der Waals surface area contributed by atoms with Crippen molar-refractivity contribution in [2.24, 2.45) is 0 Å². The molecule has 2 amide bonds. The summed E-state index contributed by atoms with van der Waals surface area (Å²) in [6, 6.07) is 9.03. The summed E-state index contributed by atoms with van der Waals surface area (Å²) >= 11 is 5.82. The van der Waals surface area contributed by atoms with Crippen LogP contribution in [-0.4, -0.2) is 37.1 Å². The lowest BCUT2D eigenvalue weighted by Gasteiger charge is -2.36. The van der Waals surface area contributed by atoms with Crippen molar-refractivity contribution < 1.29 is 18.0 Å². The highest BCUT2D eigenvalue weighted by atomic mass is 35.5. The van der Waals surface area contributed by atoms with Gasteiger partial charge in [-0.3, -0.25) is 0 Å². The van der Waals surface area contributed by atoms with E-state index in [0.29, 0.717) is 37.7 Å². The topological polar surface area (TPSA) is 35.6 Å². The number of amides is 2. The summed E-state index contributed by atoms with van der Waals surface area (Å²) in [5.74, 6) is -3.90. The van der Waals surface area contributed by atoms with E-state index in [1.165, 1.54) is 6.07 Å². The summed E-state index contributed by atoms with van der Waals surface area (Å²) in [5, 5.41) is 3.44. The third kappa shape index (κ3) is 4.04. The van der Waals surface area contributed by atoms with E-state index in [2.05, 4.69) is 5.32 Å². The van der Waals surface area contributed by atoms with Gasteiger partial charge in [0.2, 0.25) is 0 Å². The number of hydrogen-bond acceptors (Lipinski definition) is 2. The first kappa shape index (κ1) is 18.4. The highest BCUT2D eigenvalue weighted by molar-refractivity contribution is 6.30. The molecule has 0 unspecified atom stereocenters. The van der Waals surface area contributed by atoms with Crippen LogP contribution in [0.2, 0.25) is 5.02 Å². The van der Waals surface area contributed by atoms with Crippen molar-refractivity contribution in [3.05, 3.63) is 64.4 Å². The molecule has 0 aromatic heterocycles. The van der Waals surface area contributed by atoms with Gasteiger partial charge in [0, 0.05) is 37.7 Å². The highest BCUT2D eigenvalue weighted by Gasteiger charge is 2.24. The standard InChI is InChI=1S/C18H17ClF3N3O/c19-13-3-1-12(2-4-13)11-23-18(26)25-9-7-24(8-10-25)15-6-5-14(20)16(21)17(15)22/h1-6H,7-11H2,(H,23,26). The summed E-state index contributed by atoms with van der Waals surface area (Å²) < 4.78 is 40.3. The zero-order valence-corrected chi connectivity index (χ0v) is 14.6. The Hall–Kier alpha value is -2.41. The van der Waals surface area contributed by atoms with E-state index >= 15 is 0 Å². The molecule has 1 fully saturated rings. The molecule has 4 nitrogen and oxygen atoms in total. The molecule has 1 heterocycles. The van der Waals surface area contributed by atoms with Gasteiger partial charge in [0.25, 0.3) is 0 Å². The summed E-state index contributed by atoms with van der Waals surface area (Å²) in [6.45, 7) is 1.73. The maximum Gasteiger partial charge on any atom is 0.317 e. The Labute approximate surface area is 154 Å². The minimum Gasteiger partial charge on any atom is -0.366 e. The molecule has 8 heteroatoms. The van der Waals surface area contributed by atoms with Gasteiger partial charge in [-0.15, -0.1) is 0 Å². The summed E-state index contributed by atoms with van der Waals surface area (Å²) in [6.07, 6.45) is 0. The van der Waals surface area contributed by atoms with Gasteiger partial charge in [-0.1, -0.05) is 23.7 Å². The molecule has 2 aromatic rings. The van der Waals surface area contributed by atoms with Gasteiger partial charge in [0.15, 0.2) is 17.5 Å². The van der Waals surface area contributed by atoms with Crippen LogP contribution in [0.1, 0.15) is 5.56 Å². The number of benzene rings is 2. The summed E-state index contributed by atoms with van der Waals surface area (Å²) in [4.78, 5) is 15.4. The molecule has 3 rings (SSSR count). The molecule has 0 radical (unpaired) electrons. The molecule has 2 aromatic carbocycles. The smallest absolute Gasteiger partial charge is 0.317 e. The molecular weight excluding hydrogens is 367 g/mol. The van der Waals surface area contributed by atoms with Gasteiger partial charge >= 0.3 is 6.03 Å². The number of anilines is 1. The molecule has 1 aliphatic heterocycles. The number of nitrogens with one attached hydrogen (secondary N) is 1. The zero-order valence-electron chi connectivity index (χ0n) is 13.8. The van der Waals surface area contributed by atoms with Crippen molar-refractivity contribution in [2.45, 2.75) is 6.54 Å². The Balaban J connectivity index is 1.54. The first-order valence-electron chi connectivity index (χ1n) is 8.11. The van der Waals surface area contributed by atoms with E-state index in [1.807, 2.05) is 12.1 Å². The fourth-order valence-electron chi connectivity index (χ4n) is 2.80. The Morgan fingerprint density at radius 1 is 0.962 bits per heavy atom. The Morgan fingerprint density at radius 3 is 2.27 bits per heavy atom. The lowest BCUT2D eigenvalue weighted by molar-refractivity contribution is 0.194. The second-order valence-corrected chi connectivity index (χ2v) is 6.39. The van der Waals surface area contributed by atoms with Crippen LogP contribution in [0.3, 0.4) is 0 Å². The zero-order chi connectivity index (χ0) is 18.7. The Morgan fingerprint density at radius 2 is 1.62 bits per heavy atom. The molecule has 0 bridgehead atoms. The SMILES string of the molecule is O=C(NCc1ccc(Cl)cc1)N1CCN(c2ccc(F)c(F)c2F)CC1. The van der Waals surface area contributed by atoms with Gasteiger partial charge in [0.05, 0.1) is 5.69 Å². The Bertz CT molecular complexity index is 793. The van der Waals surface area contributed by atoms with Crippen molar-refractivity contribution in [3.63, 3.8) is 0 Å². The van der Waals surface area contributed by atoms with Crippen LogP contribution < -0.4 is 10.2 Å². The Kier molecular flexibility index (Phi) is 5.56. The molecule has 0 spiro atoms. The molecule has 1 N–H and O–H groups in total. The molecule has 138 valence electrons. The van der Waals surface area contributed by atoms with Crippen LogP contribution in [0.15, 0.2) is 36.4 Å². The average Bonchev–Trinajstić information content (AvgIpc) is 2.66. The number of carbonyl (C=O) groups is 1. The second kappa shape index (κ2) is 7.86. The summed E-state index contributed by atoms with van der Waals surface area (Å²) in [7, 11) is 0. The van der Waals surface area contributed by atoms with Gasteiger partial charge in [-0.25, -0.2) is 18.0 Å². The fourth-order valence-corrected chi connectivity index (χ4v) is 2.93. The van der Waals surface area contributed by atoms with Crippen molar-refractivity contribution in [3.8, 4) is 0 Å². The minimum atomic E-state index is -1.48. The van der Waals surface area contributed by atoms with E-state index in [0.717, 1.165) is 11.6 Å². The molecule has 1 saturated heterocycles. The fraction of sp³-hybridized carbons (Fsp3) is 0.278. The van der Waals surface area contributed by atoms with E-state index in [1.54, 1.807) is 21.9 Å². The normalized spacial score (nSPS) is 14.5. The van der Waals surface area contributed by atoms with E-state index in [-0.39, 0.29) is 11.7 Å². The predicted molar refractivity (Wildman–Crippen MR) is 93.8 cm³/mol. The summed E-state index contributed by atoms with van der Waals surface area (Å²) in [5.41, 5.74) is 0.926. The van der Waals surface area contributed by atoms with Gasteiger partial charge in [0.1, 0.15) is 0 Å². The second-order valence-electron chi connectivity index (χ2n) is 5.95. The maximum absolute atomic E-state index is 13.9. The van der Waals surface area contributed by atoms with Crippen molar-refractivity contribution in [2.75, 3.05) is 31.1 Å². The van der Waals surface area contributed by atoms with Crippen molar-refractivity contribution >= 4 is 23.3 Å². The highest BCUT2D eigenvalue weighted by Crippen LogP contribution is 2.24. The van der Waals surface area contributed by atoms with Crippen LogP contribution in [0.4, 0.5) is 23.7 Å². The number of hydrogen-bond donors (Lipinski definition) is 1. The monoisotopic (exact) mass is 383 g/mol. The van der Waals surface area contributed by atoms with Gasteiger partial charge in [-0.2, -0.15) is 0 Å². The van der Waals surface area contributed by atoms with Gasteiger partial charge < -0.3 is 15.1 Å². The van der Waals surface area contributed by atoms with Gasteiger partial charge in [-0.05, 0) is 29.8 Å². The molecule has 0 saturated carbocycles. The van der Waals surface area contributed by atoms with Crippen LogP contribution in [0.5, 0.6) is 0 Å². The predicted octanol–water partition coefficient (Wildman–Crippen LogP) is 3.79. The van der Waals surface area contributed by atoms with E-state index in [9.17, 15) is 18.0 Å². The molecule has 0 aliphatic carbocycles. The van der Waals surface area contributed by atoms with Crippen LogP contribution >= 0.6 is 11.6 Å². The third-order valence-electron chi connectivity index (χ3n) is 4.28. The quantitative estimate of drug-likeness (QED) is 0.818. The largest absolute Gasteiger partial charge is 0.366 e. The number of rotatable bonds is 3. The minimum absolute atomic E-state index is 0.00474. The molecule has 1 aliphatic rings. The van der Waals surface area contributed by atoms with Crippen LogP contribution in [0.25, 0.3) is 0 Å². The third-order valence-corrected chi connectivity index (χ3v) is 4.53. The molecule has 0 atom stereocenters. The molecular formula is C18H17ClF3N3O. The lowest BCUT2D eigenvalue weighted by atomic mass is 10.2. The number of urea groups is 1.